The molecule has 1 saturated heterocycles. The Balaban J connectivity index is 1.53. The molecule has 0 radical (unpaired) electrons. The molecule has 158 valence electrons. The molecule has 1 atom stereocenters. The highest BCUT2D eigenvalue weighted by Gasteiger charge is 2.48. The van der Waals surface area contributed by atoms with Gasteiger partial charge in [0.15, 0.2) is 0 Å². The van der Waals surface area contributed by atoms with E-state index in [4.69, 9.17) is 4.74 Å². The predicted octanol–water partition coefficient (Wildman–Crippen LogP) is 4.14. The molecule has 0 bridgehead atoms. The minimum absolute atomic E-state index is 0.0855. The summed E-state index contributed by atoms with van der Waals surface area (Å²) in [7, 11) is 0. The lowest BCUT2D eigenvalue weighted by molar-refractivity contribution is -0.148. The summed E-state index contributed by atoms with van der Waals surface area (Å²) >= 11 is 0. The van der Waals surface area contributed by atoms with E-state index in [2.05, 4.69) is 19.2 Å². The van der Waals surface area contributed by atoms with Gasteiger partial charge in [-0.15, -0.1) is 0 Å². The van der Waals surface area contributed by atoms with Crippen molar-refractivity contribution in [2.24, 2.45) is 5.92 Å². The zero-order chi connectivity index (χ0) is 21.7. The van der Waals surface area contributed by atoms with Crippen LogP contribution in [0, 0.1) is 5.92 Å². The lowest BCUT2D eigenvalue weighted by atomic mass is 9.92. The number of hydrogen-bond donors (Lipinski definition) is 1. The van der Waals surface area contributed by atoms with E-state index in [9.17, 15) is 14.4 Å². The molecule has 0 saturated carbocycles. The number of hydrogen-bond acceptors (Lipinski definition) is 4. The molecule has 1 aliphatic rings. The van der Waals surface area contributed by atoms with Crippen molar-refractivity contribution in [2.45, 2.75) is 45.8 Å². The number of urea groups is 1. The minimum Gasteiger partial charge on any atom is -0.459 e. The Morgan fingerprint density at radius 3 is 2.30 bits per heavy atom. The summed E-state index contributed by atoms with van der Waals surface area (Å²) in [5.74, 6) is -0.574. The van der Waals surface area contributed by atoms with Crippen molar-refractivity contribution in [3.63, 3.8) is 0 Å². The minimum atomic E-state index is -0.963. The van der Waals surface area contributed by atoms with E-state index in [1.807, 2.05) is 54.6 Å². The molecule has 3 amide bonds. The van der Waals surface area contributed by atoms with Crippen LogP contribution < -0.4 is 5.32 Å². The quantitative estimate of drug-likeness (QED) is 0.526. The summed E-state index contributed by atoms with van der Waals surface area (Å²) in [6.07, 6.45) is 1.34. The summed E-state index contributed by atoms with van der Waals surface area (Å²) < 4.78 is 5.29. The van der Waals surface area contributed by atoms with E-state index in [1.165, 1.54) is 0 Å². The summed E-state index contributed by atoms with van der Waals surface area (Å²) in [4.78, 5) is 38.1. The predicted molar refractivity (Wildman–Crippen MR) is 114 cm³/mol. The molecule has 1 fully saturated rings. The van der Waals surface area contributed by atoms with Gasteiger partial charge in [0.1, 0.15) is 18.7 Å². The van der Waals surface area contributed by atoms with Gasteiger partial charge < -0.3 is 10.1 Å². The number of carbonyl (C=O) groups is 3. The molecular formula is C24H28N2O4. The van der Waals surface area contributed by atoms with Crippen LogP contribution in [0.5, 0.6) is 0 Å². The lowest BCUT2D eigenvalue weighted by Gasteiger charge is -2.22. The largest absolute Gasteiger partial charge is 0.459 e. The van der Waals surface area contributed by atoms with Crippen LogP contribution in [0.25, 0.3) is 11.1 Å². The zero-order valence-electron chi connectivity index (χ0n) is 17.7. The third kappa shape index (κ3) is 5.06. The fourth-order valence-corrected chi connectivity index (χ4v) is 3.40. The van der Waals surface area contributed by atoms with Crippen molar-refractivity contribution in [1.29, 1.82) is 0 Å². The van der Waals surface area contributed by atoms with Gasteiger partial charge in [0.05, 0.1) is 0 Å². The molecule has 0 spiro atoms. The van der Waals surface area contributed by atoms with Crippen molar-refractivity contribution in [3.05, 3.63) is 60.2 Å². The molecule has 30 heavy (non-hydrogen) atoms. The third-order valence-corrected chi connectivity index (χ3v) is 5.31. The van der Waals surface area contributed by atoms with E-state index in [0.29, 0.717) is 12.3 Å². The maximum absolute atomic E-state index is 12.7. The van der Waals surface area contributed by atoms with E-state index >= 15 is 0 Å². The Bertz CT molecular complexity index is 909. The number of carbonyl (C=O) groups excluding carboxylic acids is 3. The van der Waals surface area contributed by atoms with E-state index in [1.54, 1.807) is 6.92 Å². The second-order valence-electron chi connectivity index (χ2n) is 8.31. The Morgan fingerprint density at radius 1 is 1.03 bits per heavy atom. The number of esters is 1. The maximum Gasteiger partial charge on any atom is 0.326 e. The van der Waals surface area contributed by atoms with Crippen molar-refractivity contribution < 1.29 is 19.1 Å². The Labute approximate surface area is 177 Å². The number of rotatable bonds is 8. The van der Waals surface area contributed by atoms with Gasteiger partial charge in [-0.05, 0) is 42.4 Å². The van der Waals surface area contributed by atoms with Gasteiger partial charge in [0, 0.05) is 0 Å². The first-order valence-corrected chi connectivity index (χ1v) is 10.2. The normalized spacial score (nSPS) is 18.6. The van der Waals surface area contributed by atoms with Gasteiger partial charge in [-0.25, -0.2) is 4.79 Å². The number of ether oxygens (including phenoxy) is 1. The highest BCUT2D eigenvalue weighted by molar-refractivity contribution is 6.08. The first-order chi connectivity index (χ1) is 14.3. The number of benzene rings is 2. The van der Waals surface area contributed by atoms with Crippen LogP contribution >= 0.6 is 0 Å². The number of nitrogens with one attached hydrogen (secondary N) is 1. The fourth-order valence-electron chi connectivity index (χ4n) is 3.40. The average molecular weight is 408 g/mol. The van der Waals surface area contributed by atoms with E-state index in [-0.39, 0.29) is 19.1 Å². The monoisotopic (exact) mass is 408 g/mol. The Morgan fingerprint density at radius 2 is 1.67 bits per heavy atom. The molecule has 6 nitrogen and oxygen atoms in total. The maximum atomic E-state index is 12.7. The van der Waals surface area contributed by atoms with Crippen LogP contribution in [-0.4, -0.2) is 34.9 Å². The lowest BCUT2D eigenvalue weighted by Crippen LogP contribution is -2.44. The summed E-state index contributed by atoms with van der Waals surface area (Å²) in [6.45, 7) is 5.53. The van der Waals surface area contributed by atoms with E-state index in [0.717, 1.165) is 28.0 Å². The molecule has 1 heterocycles. The van der Waals surface area contributed by atoms with Crippen LogP contribution in [0.4, 0.5) is 4.79 Å². The molecule has 0 unspecified atom stereocenters. The standard InChI is InChI=1S/C24H28N2O4/c1-17(2)13-14-24(3)22(28)26(23(29)25-24)15-21(27)30-16-18-9-11-20(12-10-18)19-7-5-4-6-8-19/h4-12,17H,13-16H2,1-3H3,(H,25,29)/t24-/m1/s1. The average Bonchev–Trinajstić information content (AvgIpc) is 2.95. The van der Waals surface area contributed by atoms with Crippen LogP contribution in [-0.2, 0) is 20.9 Å². The van der Waals surface area contributed by atoms with Crippen LogP contribution in [0.3, 0.4) is 0 Å². The Hall–Kier alpha value is -3.15. The van der Waals surface area contributed by atoms with Crippen molar-refractivity contribution in [3.8, 4) is 11.1 Å². The second-order valence-corrected chi connectivity index (χ2v) is 8.31. The first kappa shape index (κ1) is 21.6. The number of nitrogens with zero attached hydrogens (tertiary/aromatic N) is 1. The molecule has 1 N–H and O–H groups in total. The molecule has 6 heteroatoms. The van der Waals surface area contributed by atoms with Crippen LogP contribution in [0.15, 0.2) is 54.6 Å². The van der Waals surface area contributed by atoms with Crippen molar-refractivity contribution >= 4 is 17.9 Å². The van der Waals surface area contributed by atoms with Gasteiger partial charge in [0.2, 0.25) is 0 Å². The molecule has 2 aromatic carbocycles. The van der Waals surface area contributed by atoms with E-state index < -0.39 is 17.5 Å². The smallest absolute Gasteiger partial charge is 0.326 e. The highest BCUT2D eigenvalue weighted by Crippen LogP contribution is 2.25. The van der Waals surface area contributed by atoms with Crippen LogP contribution in [0.1, 0.15) is 39.2 Å². The second kappa shape index (κ2) is 9.11. The molecule has 2 aromatic rings. The molecular weight excluding hydrogens is 380 g/mol. The SMILES string of the molecule is CC(C)CC[C@@]1(C)NC(=O)N(CC(=O)OCc2ccc(-c3ccccc3)cc2)C1=O. The van der Waals surface area contributed by atoms with Crippen molar-refractivity contribution in [2.75, 3.05) is 6.54 Å². The molecule has 3 rings (SSSR count). The summed E-state index contributed by atoms with van der Waals surface area (Å²) in [5.41, 5.74) is 2.06. The molecule has 0 aromatic heterocycles. The Kier molecular flexibility index (Phi) is 6.55. The third-order valence-electron chi connectivity index (χ3n) is 5.31. The molecule has 1 aliphatic heterocycles. The van der Waals surface area contributed by atoms with Gasteiger partial charge in [-0.1, -0.05) is 68.4 Å². The molecule has 0 aliphatic carbocycles. The van der Waals surface area contributed by atoms with Gasteiger partial charge in [-0.3, -0.25) is 14.5 Å². The fraction of sp³-hybridized carbons (Fsp3) is 0.375. The number of imide groups is 1. The van der Waals surface area contributed by atoms with Gasteiger partial charge >= 0.3 is 12.0 Å². The van der Waals surface area contributed by atoms with Gasteiger partial charge in [0.25, 0.3) is 5.91 Å². The topological polar surface area (TPSA) is 75.7 Å². The first-order valence-electron chi connectivity index (χ1n) is 10.2. The van der Waals surface area contributed by atoms with Crippen LogP contribution in [0.2, 0.25) is 0 Å². The highest BCUT2D eigenvalue weighted by atomic mass is 16.5. The summed E-state index contributed by atoms with van der Waals surface area (Å²) in [5, 5.41) is 2.72. The summed E-state index contributed by atoms with van der Waals surface area (Å²) in [6, 6.07) is 17.2. The zero-order valence-corrected chi connectivity index (χ0v) is 17.7. The van der Waals surface area contributed by atoms with Crippen molar-refractivity contribution in [1.82, 2.24) is 10.2 Å². The number of amides is 3. The van der Waals surface area contributed by atoms with Gasteiger partial charge in [-0.2, -0.15) is 0 Å².